The number of carbonyl (C=O) groups excluding carboxylic acids is 2. The Morgan fingerprint density at radius 2 is 2.04 bits per heavy atom. The van der Waals surface area contributed by atoms with E-state index in [2.05, 4.69) is 0 Å². The number of hydrogen-bond acceptors (Lipinski definition) is 4. The molecule has 0 radical (unpaired) electrons. The number of para-hydroxylation sites is 1. The van der Waals surface area contributed by atoms with Crippen LogP contribution in [0.5, 0.6) is 5.75 Å². The molecule has 1 heterocycles. The number of amides is 3. The molecule has 1 fully saturated rings. The Bertz CT molecular complexity index is 599. The van der Waals surface area contributed by atoms with Gasteiger partial charge in [-0.25, -0.2) is 9.18 Å². The van der Waals surface area contributed by atoms with Gasteiger partial charge in [0.2, 0.25) is 5.91 Å². The normalized spacial score (nSPS) is 16.7. The van der Waals surface area contributed by atoms with E-state index in [0.29, 0.717) is 26.1 Å². The third kappa shape index (κ3) is 5.06. The number of nitrogens with two attached hydrogens (primary N) is 1. The number of primary amides is 1. The van der Waals surface area contributed by atoms with Crippen molar-refractivity contribution in [3.05, 3.63) is 30.1 Å². The molecule has 7 nitrogen and oxygen atoms in total. The van der Waals surface area contributed by atoms with Crippen LogP contribution in [0.25, 0.3) is 0 Å². The van der Waals surface area contributed by atoms with Gasteiger partial charge in [-0.05, 0) is 25.0 Å². The molecule has 0 bridgehead atoms. The van der Waals surface area contributed by atoms with Crippen molar-refractivity contribution < 1.29 is 23.5 Å². The second-order valence-corrected chi connectivity index (χ2v) is 5.79. The Balaban J connectivity index is 1.96. The van der Waals surface area contributed by atoms with Crippen LogP contribution >= 0.6 is 0 Å². The van der Waals surface area contributed by atoms with Crippen molar-refractivity contribution in [2.75, 3.05) is 40.0 Å². The fraction of sp³-hybridized carbons (Fsp3) is 0.529. The lowest BCUT2D eigenvalue weighted by Gasteiger charge is -2.29. The molecule has 2 N–H and O–H groups in total. The van der Waals surface area contributed by atoms with Crippen LogP contribution in [-0.2, 0) is 9.53 Å². The van der Waals surface area contributed by atoms with E-state index in [1.54, 1.807) is 24.1 Å². The summed E-state index contributed by atoms with van der Waals surface area (Å²) in [6.45, 7) is 1.60. The minimum Gasteiger partial charge on any atom is -0.489 e. The number of benzene rings is 1. The smallest absolute Gasteiger partial charge is 0.315 e. The van der Waals surface area contributed by atoms with Crippen LogP contribution in [0.2, 0.25) is 0 Å². The zero-order valence-corrected chi connectivity index (χ0v) is 14.3. The second-order valence-electron chi connectivity index (χ2n) is 5.79. The molecule has 1 saturated heterocycles. The van der Waals surface area contributed by atoms with Crippen molar-refractivity contribution in [2.24, 2.45) is 5.73 Å². The molecule has 138 valence electrons. The van der Waals surface area contributed by atoms with E-state index in [0.717, 1.165) is 6.42 Å². The van der Waals surface area contributed by atoms with Gasteiger partial charge in [-0.1, -0.05) is 12.1 Å². The highest BCUT2D eigenvalue weighted by Crippen LogP contribution is 2.19. The summed E-state index contributed by atoms with van der Waals surface area (Å²) < 4.78 is 24.0. The number of methoxy groups -OCH3 is 1. The topological polar surface area (TPSA) is 85.1 Å². The molecule has 1 aromatic carbocycles. The zero-order valence-electron chi connectivity index (χ0n) is 14.3. The van der Waals surface area contributed by atoms with Crippen molar-refractivity contribution in [2.45, 2.75) is 18.9 Å². The molecule has 1 aliphatic rings. The fourth-order valence-electron chi connectivity index (χ4n) is 2.86. The van der Waals surface area contributed by atoms with E-state index >= 15 is 0 Å². The summed E-state index contributed by atoms with van der Waals surface area (Å²) in [5.41, 5.74) is 5.34. The van der Waals surface area contributed by atoms with Crippen molar-refractivity contribution in [1.82, 2.24) is 9.80 Å². The molecule has 1 atom stereocenters. The lowest BCUT2D eigenvalue weighted by atomic mass is 10.2. The Morgan fingerprint density at radius 1 is 1.32 bits per heavy atom. The SMILES string of the molecule is COCCN(CCOc1ccccc1F)C(=O)[C@@H]1CCCN1C(N)=O. The molecule has 25 heavy (non-hydrogen) atoms. The molecule has 0 unspecified atom stereocenters. The summed E-state index contributed by atoms with van der Waals surface area (Å²) in [5.74, 6) is -0.500. The Labute approximate surface area is 146 Å². The van der Waals surface area contributed by atoms with Crippen LogP contribution in [0.3, 0.4) is 0 Å². The third-order valence-corrected chi connectivity index (χ3v) is 4.15. The molecule has 2 rings (SSSR count). The highest BCUT2D eigenvalue weighted by molar-refractivity contribution is 5.87. The van der Waals surface area contributed by atoms with Gasteiger partial charge in [0.05, 0.1) is 13.2 Å². The Morgan fingerprint density at radius 3 is 2.72 bits per heavy atom. The Hall–Kier alpha value is -2.35. The molecule has 1 aliphatic heterocycles. The molecule has 0 aromatic heterocycles. The molecule has 3 amide bonds. The van der Waals surface area contributed by atoms with Gasteiger partial charge in [0.25, 0.3) is 0 Å². The quantitative estimate of drug-likeness (QED) is 0.762. The van der Waals surface area contributed by atoms with Crippen LogP contribution in [0.4, 0.5) is 9.18 Å². The zero-order chi connectivity index (χ0) is 18.2. The number of likely N-dealkylation sites (tertiary alicyclic amines) is 1. The van der Waals surface area contributed by atoms with Gasteiger partial charge in [0.15, 0.2) is 11.6 Å². The minimum absolute atomic E-state index is 0.139. The van der Waals surface area contributed by atoms with Crippen LogP contribution in [0, 0.1) is 5.82 Å². The highest BCUT2D eigenvalue weighted by atomic mass is 19.1. The maximum Gasteiger partial charge on any atom is 0.315 e. The van der Waals surface area contributed by atoms with E-state index in [1.807, 2.05) is 0 Å². The van der Waals surface area contributed by atoms with Crippen LogP contribution in [0.1, 0.15) is 12.8 Å². The van der Waals surface area contributed by atoms with Gasteiger partial charge in [-0.3, -0.25) is 4.79 Å². The average Bonchev–Trinajstić information content (AvgIpc) is 3.09. The molecule has 0 aliphatic carbocycles. The van der Waals surface area contributed by atoms with E-state index in [1.165, 1.54) is 17.0 Å². The highest BCUT2D eigenvalue weighted by Gasteiger charge is 2.35. The molecule has 0 spiro atoms. The number of nitrogens with zero attached hydrogens (tertiary/aromatic N) is 2. The van der Waals surface area contributed by atoms with E-state index in [9.17, 15) is 14.0 Å². The molecular formula is C17H24FN3O4. The summed E-state index contributed by atoms with van der Waals surface area (Å²) in [6, 6.07) is 4.95. The number of halogens is 1. The predicted octanol–water partition coefficient (Wildman–Crippen LogP) is 1.22. The van der Waals surface area contributed by atoms with Gasteiger partial charge < -0.3 is 25.0 Å². The summed E-state index contributed by atoms with van der Waals surface area (Å²) in [4.78, 5) is 27.2. The average molecular weight is 353 g/mol. The lowest BCUT2D eigenvalue weighted by Crippen LogP contribution is -2.50. The number of hydrogen-bond donors (Lipinski definition) is 1. The number of rotatable bonds is 8. The summed E-state index contributed by atoms with van der Waals surface area (Å²) in [6.07, 6.45) is 1.32. The molecular weight excluding hydrogens is 329 g/mol. The van der Waals surface area contributed by atoms with Crippen LogP contribution in [0.15, 0.2) is 24.3 Å². The fourth-order valence-corrected chi connectivity index (χ4v) is 2.86. The maximum absolute atomic E-state index is 13.6. The second kappa shape index (κ2) is 9.22. The number of urea groups is 1. The summed E-state index contributed by atoms with van der Waals surface area (Å²) in [7, 11) is 1.55. The minimum atomic E-state index is -0.592. The number of ether oxygens (including phenoxy) is 2. The number of carbonyl (C=O) groups is 2. The largest absolute Gasteiger partial charge is 0.489 e. The standard InChI is InChI=1S/C17H24FN3O4/c1-24-11-9-20(10-12-25-15-7-3-2-5-13(15)18)16(22)14-6-4-8-21(14)17(19)23/h2-3,5,7,14H,4,6,8-12H2,1H3,(H2,19,23)/t14-/m0/s1. The first-order chi connectivity index (χ1) is 12.0. The third-order valence-electron chi connectivity index (χ3n) is 4.15. The molecule has 8 heteroatoms. The van der Waals surface area contributed by atoms with Gasteiger partial charge in [-0.15, -0.1) is 0 Å². The van der Waals surface area contributed by atoms with Crippen LogP contribution < -0.4 is 10.5 Å². The monoisotopic (exact) mass is 353 g/mol. The van der Waals surface area contributed by atoms with E-state index < -0.39 is 17.9 Å². The van der Waals surface area contributed by atoms with Gasteiger partial charge >= 0.3 is 6.03 Å². The Kier molecular flexibility index (Phi) is 7.00. The summed E-state index contributed by atoms with van der Waals surface area (Å²) >= 11 is 0. The maximum atomic E-state index is 13.6. The van der Waals surface area contributed by atoms with Crippen molar-refractivity contribution in [3.8, 4) is 5.75 Å². The lowest BCUT2D eigenvalue weighted by molar-refractivity contribution is -0.136. The first kappa shape index (κ1) is 19.0. The van der Waals surface area contributed by atoms with Crippen molar-refractivity contribution in [3.63, 3.8) is 0 Å². The van der Waals surface area contributed by atoms with E-state index in [-0.39, 0.29) is 24.8 Å². The van der Waals surface area contributed by atoms with E-state index in [4.69, 9.17) is 15.2 Å². The van der Waals surface area contributed by atoms with Gasteiger partial charge in [0, 0.05) is 20.2 Å². The van der Waals surface area contributed by atoms with Gasteiger partial charge in [0.1, 0.15) is 12.6 Å². The molecule has 1 aromatic rings. The predicted molar refractivity (Wildman–Crippen MR) is 89.7 cm³/mol. The van der Waals surface area contributed by atoms with Gasteiger partial charge in [-0.2, -0.15) is 0 Å². The molecule has 0 saturated carbocycles. The van der Waals surface area contributed by atoms with Crippen molar-refractivity contribution >= 4 is 11.9 Å². The van der Waals surface area contributed by atoms with Crippen molar-refractivity contribution in [1.29, 1.82) is 0 Å². The summed E-state index contributed by atoms with van der Waals surface area (Å²) in [5, 5.41) is 0. The first-order valence-electron chi connectivity index (χ1n) is 8.25. The first-order valence-corrected chi connectivity index (χ1v) is 8.25. The van der Waals surface area contributed by atoms with Crippen LogP contribution in [-0.4, -0.2) is 67.7 Å².